The topological polar surface area (TPSA) is 41.1 Å². The van der Waals surface area contributed by atoms with Crippen molar-refractivity contribution in [3.8, 4) is 0 Å². The maximum absolute atomic E-state index is 11.1. The van der Waals surface area contributed by atoms with Crippen LogP contribution in [0.2, 0.25) is 5.02 Å². The van der Waals surface area contributed by atoms with Crippen molar-refractivity contribution in [2.45, 2.75) is 13.3 Å². The molecule has 1 aromatic carbocycles. The second-order valence-electron chi connectivity index (χ2n) is 2.86. The van der Waals surface area contributed by atoms with Crippen molar-refractivity contribution in [3.63, 3.8) is 0 Å². The Bertz CT molecular complexity index is 339. The molecule has 0 fully saturated rings. The highest BCUT2D eigenvalue weighted by molar-refractivity contribution is 6.30. The Kier molecular flexibility index (Phi) is 3.77. The Morgan fingerprint density at radius 3 is 2.79 bits per heavy atom. The van der Waals surface area contributed by atoms with Crippen LogP contribution in [0.5, 0.6) is 0 Å². The number of carbonyl (C=O) groups excluding carboxylic acids is 1. The summed E-state index contributed by atoms with van der Waals surface area (Å²) in [4.78, 5) is 11.1. The van der Waals surface area contributed by atoms with Crippen molar-refractivity contribution in [3.05, 3.63) is 28.8 Å². The number of aryl methyl sites for hydroxylation is 1. The van der Waals surface area contributed by atoms with Crippen LogP contribution >= 0.6 is 11.6 Å². The summed E-state index contributed by atoms with van der Waals surface area (Å²) in [7, 11) is 1.58. The summed E-state index contributed by atoms with van der Waals surface area (Å²) >= 11 is 5.84. The average molecular weight is 213 g/mol. The largest absolute Gasteiger partial charge is 0.341 e. The summed E-state index contributed by atoms with van der Waals surface area (Å²) in [6, 6.07) is 5.19. The van der Waals surface area contributed by atoms with Gasteiger partial charge in [-0.25, -0.2) is 4.79 Å². The molecule has 0 unspecified atom stereocenters. The van der Waals surface area contributed by atoms with E-state index < -0.39 is 0 Å². The first-order valence-corrected chi connectivity index (χ1v) is 4.82. The van der Waals surface area contributed by atoms with E-state index in [-0.39, 0.29) is 6.03 Å². The zero-order valence-electron chi connectivity index (χ0n) is 8.23. The molecule has 0 atom stereocenters. The maximum atomic E-state index is 11.1. The van der Waals surface area contributed by atoms with Crippen LogP contribution in [0.4, 0.5) is 10.5 Å². The molecule has 0 aliphatic rings. The molecule has 0 aliphatic carbocycles. The van der Waals surface area contributed by atoms with E-state index in [2.05, 4.69) is 10.6 Å². The number of urea groups is 1. The fourth-order valence-corrected chi connectivity index (χ4v) is 1.36. The Balaban J connectivity index is 2.90. The highest BCUT2D eigenvalue weighted by Gasteiger charge is 2.04. The number of anilines is 1. The normalized spacial score (nSPS) is 9.64. The van der Waals surface area contributed by atoms with Crippen LogP contribution in [0.15, 0.2) is 18.2 Å². The lowest BCUT2D eigenvalue weighted by Gasteiger charge is -2.09. The van der Waals surface area contributed by atoms with Crippen molar-refractivity contribution in [2.24, 2.45) is 0 Å². The standard InChI is InChI=1S/C10H13ClN2O/c1-3-7-6-8(11)4-5-9(7)13-10(14)12-2/h4-6H,3H2,1-2H3,(H2,12,13,14). The van der Waals surface area contributed by atoms with Crippen molar-refractivity contribution in [1.82, 2.24) is 5.32 Å². The molecule has 0 radical (unpaired) electrons. The molecule has 0 bridgehead atoms. The number of benzene rings is 1. The van der Waals surface area contributed by atoms with Gasteiger partial charge in [-0.2, -0.15) is 0 Å². The molecule has 2 amide bonds. The Labute approximate surface area is 88.5 Å². The Hall–Kier alpha value is -1.22. The molecule has 2 N–H and O–H groups in total. The molecule has 0 aromatic heterocycles. The van der Waals surface area contributed by atoms with Gasteiger partial charge in [0.05, 0.1) is 0 Å². The molecule has 14 heavy (non-hydrogen) atoms. The number of rotatable bonds is 2. The molecule has 1 aromatic rings. The highest BCUT2D eigenvalue weighted by atomic mass is 35.5. The maximum Gasteiger partial charge on any atom is 0.318 e. The van der Waals surface area contributed by atoms with Crippen molar-refractivity contribution in [2.75, 3.05) is 12.4 Å². The van der Waals surface area contributed by atoms with Crippen LogP contribution in [0, 0.1) is 0 Å². The third-order valence-corrected chi connectivity index (χ3v) is 2.16. The number of hydrogen-bond acceptors (Lipinski definition) is 1. The van der Waals surface area contributed by atoms with E-state index >= 15 is 0 Å². The summed E-state index contributed by atoms with van der Waals surface area (Å²) in [6.45, 7) is 2.01. The number of amides is 2. The van der Waals surface area contributed by atoms with Gasteiger partial charge < -0.3 is 10.6 Å². The van der Waals surface area contributed by atoms with E-state index in [1.54, 1.807) is 19.2 Å². The minimum atomic E-state index is -0.220. The first kappa shape index (κ1) is 10.9. The summed E-state index contributed by atoms with van der Waals surface area (Å²) in [5.41, 5.74) is 1.83. The van der Waals surface area contributed by atoms with E-state index in [9.17, 15) is 4.79 Å². The Morgan fingerprint density at radius 1 is 1.50 bits per heavy atom. The predicted octanol–water partition coefficient (Wildman–Crippen LogP) is 2.65. The summed E-state index contributed by atoms with van der Waals surface area (Å²) in [5, 5.41) is 5.91. The first-order chi connectivity index (χ1) is 6.67. The molecule has 0 heterocycles. The predicted molar refractivity (Wildman–Crippen MR) is 58.9 cm³/mol. The second kappa shape index (κ2) is 4.86. The third-order valence-electron chi connectivity index (χ3n) is 1.92. The van der Waals surface area contributed by atoms with E-state index in [4.69, 9.17) is 11.6 Å². The van der Waals surface area contributed by atoms with Gasteiger partial charge in [0.15, 0.2) is 0 Å². The lowest BCUT2D eigenvalue weighted by molar-refractivity contribution is 0.254. The van der Waals surface area contributed by atoms with Crippen molar-refractivity contribution < 1.29 is 4.79 Å². The van der Waals surface area contributed by atoms with Crippen molar-refractivity contribution in [1.29, 1.82) is 0 Å². The minimum absolute atomic E-state index is 0.220. The van der Waals surface area contributed by atoms with E-state index in [0.717, 1.165) is 17.7 Å². The molecule has 4 heteroatoms. The zero-order valence-corrected chi connectivity index (χ0v) is 8.98. The molecule has 0 saturated carbocycles. The van der Waals surface area contributed by atoms with Crippen LogP contribution in [0.3, 0.4) is 0 Å². The molecule has 0 aliphatic heterocycles. The summed E-state index contributed by atoms with van der Waals surface area (Å²) in [5.74, 6) is 0. The third kappa shape index (κ3) is 2.64. The monoisotopic (exact) mass is 212 g/mol. The van der Waals surface area contributed by atoms with Gasteiger partial charge in [-0.3, -0.25) is 0 Å². The van der Waals surface area contributed by atoms with E-state index in [0.29, 0.717) is 5.02 Å². The van der Waals surface area contributed by atoms with Gasteiger partial charge in [-0.15, -0.1) is 0 Å². The quantitative estimate of drug-likeness (QED) is 0.778. The van der Waals surface area contributed by atoms with Crippen LogP contribution in [0.1, 0.15) is 12.5 Å². The van der Waals surface area contributed by atoms with Crippen LogP contribution in [-0.2, 0) is 6.42 Å². The van der Waals surface area contributed by atoms with Crippen LogP contribution in [-0.4, -0.2) is 13.1 Å². The minimum Gasteiger partial charge on any atom is -0.341 e. The molecular formula is C10H13ClN2O. The number of hydrogen-bond donors (Lipinski definition) is 2. The molecule has 76 valence electrons. The van der Waals surface area contributed by atoms with Crippen LogP contribution < -0.4 is 10.6 Å². The molecule has 1 rings (SSSR count). The van der Waals surface area contributed by atoms with Crippen molar-refractivity contribution >= 4 is 23.3 Å². The molecular weight excluding hydrogens is 200 g/mol. The number of nitrogens with one attached hydrogen (secondary N) is 2. The molecule has 3 nitrogen and oxygen atoms in total. The van der Waals surface area contributed by atoms with Gasteiger partial charge in [-0.05, 0) is 30.2 Å². The summed E-state index contributed by atoms with van der Waals surface area (Å²) < 4.78 is 0. The van der Waals surface area contributed by atoms with E-state index in [1.165, 1.54) is 0 Å². The van der Waals surface area contributed by atoms with Crippen LogP contribution in [0.25, 0.3) is 0 Å². The Morgan fingerprint density at radius 2 is 2.21 bits per heavy atom. The average Bonchev–Trinajstić information content (AvgIpc) is 2.20. The van der Waals surface area contributed by atoms with E-state index in [1.807, 2.05) is 13.0 Å². The van der Waals surface area contributed by atoms with Gasteiger partial charge in [0.1, 0.15) is 0 Å². The fraction of sp³-hybridized carbons (Fsp3) is 0.300. The lowest BCUT2D eigenvalue weighted by Crippen LogP contribution is -2.24. The SMILES string of the molecule is CCc1cc(Cl)ccc1NC(=O)NC. The molecule has 0 spiro atoms. The lowest BCUT2D eigenvalue weighted by atomic mass is 10.1. The zero-order chi connectivity index (χ0) is 10.6. The van der Waals surface area contributed by atoms with Gasteiger partial charge in [-0.1, -0.05) is 18.5 Å². The highest BCUT2D eigenvalue weighted by Crippen LogP contribution is 2.20. The first-order valence-electron chi connectivity index (χ1n) is 4.44. The number of halogens is 1. The second-order valence-corrected chi connectivity index (χ2v) is 3.30. The van der Waals surface area contributed by atoms with Gasteiger partial charge in [0.2, 0.25) is 0 Å². The van der Waals surface area contributed by atoms with Gasteiger partial charge in [0.25, 0.3) is 0 Å². The fourth-order valence-electron chi connectivity index (χ4n) is 1.16. The summed E-state index contributed by atoms with van der Waals surface area (Å²) in [6.07, 6.45) is 0.833. The number of carbonyl (C=O) groups is 1. The smallest absolute Gasteiger partial charge is 0.318 e. The molecule has 0 saturated heterocycles. The van der Waals surface area contributed by atoms with Gasteiger partial charge in [0, 0.05) is 17.8 Å². The van der Waals surface area contributed by atoms with Gasteiger partial charge >= 0.3 is 6.03 Å².